The van der Waals surface area contributed by atoms with Gasteiger partial charge in [-0.2, -0.15) is 0 Å². The van der Waals surface area contributed by atoms with Crippen molar-refractivity contribution in [2.75, 3.05) is 19.0 Å². The molecule has 0 spiro atoms. The molecule has 1 amide bonds. The molecular formula is C29H27NO6. The van der Waals surface area contributed by atoms with Gasteiger partial charge in [0.05, 0.1) is 30.6 Å². The minimum atomic E-state index is -0.974. The Hall–Kier alpha value is -4.26. The fourth-order valence-corrected chi connectivity index (χ4v) is 4.35. The molecular weight excluding hydrogens is 458 g/mol. The molecule has 2 heterocycles. The van der Waals surface area contributed by atoms with E-state index in [1.165, 1.54) is 0 Å². The van der Waals surface area contributed by atoms with Crippen molar-refractivity contribution in [3.63, 3.8) is 0 Å². The van der Waals surface area contributed by atoms with Crippen LogP contribution >= 0.6 is 0 Å². The van der Waals surface area contributed by atoms with Crippen LogP contribution in [0.1, 0.15) is 30.9 Å². The van der Waals surface area contributed by atoms with Crippen LogP contribution in [-0.4, -0.2) is 25.7 Å². The van der Waals surface area contributed by atoms with E-state index < -0.39 is 17.6 Å². The second kappa shape index (κ2) is 9.77. The number of hydrogen-bond acceptors (Lipinski definition) is 6. The molecule has 0 saturated carbocycles. The lowest BCUT2D eigenvalue weighted by Gasteiger charge is -2.19. The van der Waals surface area contributed by atoms with Gasteiger partial charge < -0.3 is 23.9 Å². The zero-order valence-electron chi connectivity index (χ0n) is 20.3. The van der Waals surface area contributed by atoms with E-state index in [4.69, 9.17) is 18.6 Å². The number of benzene rings is 3. The van der Waals surface area contributed by atoms with Gasteiger partial charge in [0.15, 0.2) is 6.10 Å². The number of anilines is 1. The first-order chi connectivity index (χ1) is 17.4. The molecule has 1 N–H and O–H groups in total. The Morgan fingerprint density at radius 2 is 1.67 bits per heavy atom. The number of carbonyl (C=O) groups excluding carboxylic acids is 1. The van der Waals surface area contributed by atoms with Crippen molar-refractivity contribution in [2.45, 2.75) is 25.9 Å². The molecule has 36 heavy (non-hydrogen) atoms. The number of nitrogens with one attached hydrogen (secondary N) is 1. The van der Waals surface area contributed by atoms with Crippen molar-refractivity contribution in [2.24, 2.45) is 5.92 Å². The quantitative estimate of drug-likeness (QED) is 0.354. The van der Waals surface area contributed by atoms with Crippen LogP contribution in [0.3, 0.4) is 0 Å². The minimum Gasteiger partial charge on any atom is -0.497 e. The number of para-hydroxylation sites is 1. The molecule has 184 valence electrons. The first kappa shape index (κ1) is 23.5. The Morgan fingerprint density at radius 3 is 2.36 bits per heavy atom. The molecule has 1 aromatic heterocycles. The summed E-state index contributed by atoms with van der Waals surface area (Å²) in [5.41, 5.74) is 1.57. The predicted molar refractivity (Wildman–Crippen MR) is 137 cm³/mol. The van der Waals surface area contributed by atoms with Crippen LogP contribution in [0.2, 0.25) is 0 Å². The summed E-state index contributed by atoms with van der Waals surface area (Å²) >= 11 is 0. The van der Waals surface area contributed by atoms with Gasteiger partial charge in [0.25, 0.3) is 5.91 Å². The molecule has 7 heteroatoms. The van der Waals surface area contributed by atoms with Crippen molar-refractivity contribution < 1.29 is 23.4 Å². The van der Waals surface area contributed by atoms with Crippen LogP contribution in [0.5, 0.6) is 17.2 Å². The molecule has 5 rings (SSSR count). The normalized spacial score (nSPS) is 16.4. The zero-order chi connectivity index (χ0) is 25.2. The summed E-state index contributed by atoms with van der Waals surface area (Å²) in [4.78, 5) is 26.6. The molecule has 0 radical (unpaired) electrons. The van der Waals surface area contributed by atoms with Gasteiger partial charge in [0, 0.05) is 5.69 Å². The van der Waals surface area contributed by atoms with E-state index in [0.29, 0.717) is 46.2 Å². The van der Waals surface area contributed by atoms with E-state index in [9.17, 15) is 9.59 Å². The van der Waals surface area contributed by atoms with E-state index in [1.807, 2.05) is 36.4 Å². The van der Waals surface area contributed by atoms with Crippen LogP contribution < -0.4 is 25.2 Å². The predicted octanol–water partition coefficient (Wildman–Crippen LogP) is 5.37. The van der Waals surface area contributed by atoms with E-state index in [1.54, 1.807) is 43.5 Å². The Kier molecular flexibility index (Phi) is 6.38. The maximum Gasteiger partial charge on any atom is 0.344 e. The summed E-state index contributed by atoms with van der Waals surface area (Å²) in [6.07, 6.45) is -0.974. The van der Waals surface area contributed by atoms with Gasteiger partial charge in [-0.1, -0.05) is 38.1 Å². The average Bonchev–Trinajstić information content (AvgIpc) is 3.30. The molecule has 1 aliphatic heterocycles. The number of carbonyl (C=O) groups is 1. The summed E-state index contributed by atoms with van der Waals surface area (Å²) < 4.78 is 22.8. The molecule has 4 aromatic rings. The molecule has 7 nitrogen and oxygen atoms in total. The third-order valence-electron chi connectivity index (χ3n) is 6.10. The maximum atomic E-state index is 13.5. The zero-order valence-corrected chi connectivity index (χ0v) is 20.3. The van der Waals surface area contributed by atoms with Crippen LogP contribution in [-0.2, 0) is 4.79 Å². The number of rotatable bonds is 7. The van der Waals surface area contributed by atoms with Gasteiger partial charge in [-0.25, -0.2) is 4.79 Å². The van der Waals surface area contributed by atoms with Gasteiger partial charge in [0.2, 0.25) is 0 Å². The molecule has 0 unspecified atom stereocenters. The van der Waals surface area contributed by atoms with Crippen LogP contribution in [0.15, 0.2) is 82.0 Å². The van der Waals surface area contributed by atoms with Gasteiger partial charge >= 0.3 is 5.63 Å². The fraction of sp³-hybridized carbons (Fsp3) is 0.241. The van der Waals surface area contributed by atoms with Crippen LogP contribution in [0, 0.1) is 5.92 Å². The maximum absolute atomic E-state index is 13.5. The first-order valence-electron chi connectivity index (χ1n) is 11.8. The summed E-state index contributed by atoms with van der Waals surface area (Å²) in [5.74, 6) is 1.14. The highest BCUT2D eigenvalue weighted by Gasteiger charge is 2.44. The summed E-state index contributed by atoms with van der Waals surface area (Å²) in [6.45, 7) is 4.75. The third kappa shape index (κ3) is 4.52. The Labute approximate surface area is 208 Å². The highest BCUT2D eigenvalue weighted by atomic mass is 16.5. The van der Waals surface area contributed by atoms with Gasteiger partial charge in [0.1, 0.15) is 22.8 Å². The SMILES string of the molecule is COc1ccc(NC(=O)[C@H]2Oc3c(c(=O)oc4ccccc34)[C@@H]2c2ccc(OCC(C)C)cc2)cc1. The van der Waals surface area contributed by atoms with Crippen molar-refractivity contribution in [1.29, 1.82) is 0 Å². The smallest absolute Gasteiger partial charge is 0.344 e. The Morgan fingerprint density at radius 1 is 0.972 bits per heavy atom. The average molecular weight is 486 g/mol. The summed E-state index contributed by atoms with van der Waals surface area (Å²) in [6, 6.07) is 21.6. The number of hydrogen-bond donors (Lipinski definition) is 1. The molecule has 0 bridgehead atoms. The van der Waals surface area contributed by atoms with Crippen LogP contribution in [0.25, 0.3) is 11.0 Å². The van der Waals surface area contributed by atoms with E-state index in [2.05, 4.69) is 19.2 Å². The van der Waals surface area contributed by atoms with Gasteiger partial charge in [-0.3, -0.25) is 4.79 Å². The number of amides is 1. The van der Waals surface area contributed by atoms with Crippen molar-refractivity contribution in [3.05, 3.63) is 94.3 Å². The standard InChI is InChI=1S/C29H27NO6/c1-17(2)16-34-21-12-8-18(9-13-21)24-25-26(22-6-4-5-7-23(22)35-29(25)32)36-27(24)28(31)30-19-10-14-20(33-3)15-11-19/h4-15,17,24,27H,16H2,1-3H3,(H,30,31)/t24-,27-/m0/s1. The van der Waals surface area contributed by atoms with Crippen molar-refractivity contribution in [3.8, 4) is 17.2 Å². The highest BCUT2D eigenvalue weighted by molar-refractivity contribution is 5.97. The van der Waals surface area contributed by atoms with Crippen molar-refractivity contribution in [1.82, 2.24) is 0 Å². The Bertz CT molecular complexity index is 1440. The minimum absolute atomic E-state index is 0.333. The number of methoxy groups -OCH3 is 1. The van der Waals surface area contributed by atoms with Gasteiger partial charge in [-0.15, -0.1) is 0 Å². The molecule has 0 aliphatic carbocycles. The summed E-state index contributed by atoms with van der Waals surface area (Å²) in [7, 11) is 1.58. The lowest BCUT2D eigenvalue weighted by molar-refractivity contribution is -0.122. The van der Waals surface area contributed by atoms with E-state index >= 15 is 0 Å². The third-order valence-corrected chi connectivity index (χ3v) is 6.10. The lowest BCUT2D eigenvalue weighted by Crippen LogP contribution is -2.35. The van der Waals surface area contributed by atoms with Crippen molar-refractivity contribution >= 4 is 22.6 Å². The Balaban J connectivity index is 1.53. The largest absolute Gasteiger partial charge is 0.497 e. The highest BCUT2D eigenvalue weighted by Crippen LogP contribution is 2.44. The second-order valence-electron chi connectivity index (χ2n) is 9.14. The number of fused-ring (bicyclic) bond motifs is 3. The topological polar surface area (TPSA) is 87.0 Å². The molecule has 2 atom stereocenters. The molecule has 0 fully saturated rings. The van der Waals surface area contributed by atoms with Gasteiger partial charge in [-0.05, 0) is 60.0 Å². The summed E-state index contributed by atoms with van der Waals surface area (Å²) in [5, 5.41) is 3.55. The van der Waals surface area contributed by atoms with Crippen LogP contribution in [0.4, 0.5) is 5.69 Å². The molecule has 1 aliphatic rings. The second-order valence-corrected chi connectivity index (χ2v) is 9.14. The monoisotopic (exact) mass is 485 g/mol. The lowest BCUT2D eigenvalue weighted by atomic mass is 9.88. The first-order valence-corrected chi connectivity index (χ1v) is 11.8. The van der Waals surface area contributed by atoms with E-state index in [0.717, 1.165) is 11.3 Å². The van der Waals surface area contributed by atoms with E-state index in [-0.39, 0.29) is 5.91 Å². The number of ether oxygens (including phenoxy) is 3. The fourth-order valence-electron chi connectivity index (χ4n) is 4.35. The molecule has 0 saturated heterocycles. The molecule has 3 aromatic carbocycles.